The van der Waals surface area contributed by atoms with Crippen LogP contribution in [0.2, 0.25) is 0 Å². The number of carbonyl (C=O) groups is 1. The molecule has 0 aliphatic carbocycles. The third-order valence-electron chi connectivity index (χ3n) is 3.03. The zero-order valence-electron chi connectivity index (χ0n) is 11.0. The minimum absolute atomic E-state index is 0.130. The van der Waals surface area contributed by atoms with E-state index < -0.39 is 17.9 Å². The van der Waals surface area contributed by atoms with Gasteiger partial charge in [0.15, 0.2) is 0 Å². The quantitative estimate of drug-likeness (QED) is 0.785. The van der Waals surface area contributed by atoms with Gasteiger partial charge in [-0.3, -0.25) is 0 Å². The van der Waals surface area contributed by atoms with Crippen LogP contribution in [0.3, 0.4) is 0 Å². The molecule has 0 aliphatic rings. The average molecular weight is 254 g/mol. The summed E-state index contributed by atoms with van der Waals surface area (Å²) in [6.07, 6.45) is -0.465. The van der Waals surface area contributed by atoms with Crippen molar-refractivity contribution in [2.75, 3.05) is 21.3 Å². The van der Waals surface area contributed by atoms with Crippen molar-refractivity contribution in [2.24, 2.45) is 0 Å². The van der Waals surface area contributed by atoms with Crippen LogP contribution in [0.25, 0.3) is 0 Å². The fourth-order valence-corrected chi connectivity index (χ4v) is 1.98. The molecule has 1 atom stereocenters. The zero-order chi connectivity index (χ0) is 13.8. The van der Waals surface area contributed by atoms with Crippen LogP contribution in [0.15, 0.2) is 24.3 Å². The van der Waals surface area contributed by atoms with Crippen molar-refractivity contribution >= 4 is 5.97 Å². The average Bonchev–Trinajstić information content (AvgIpc) is 2.40. The molecule has 1 aromatic rings. The maximum atomic E-state index is 11.3. The molecule has 100 valence electrons. The van der Waals surface area contributed by atoms with Crippen molar-refractivity contribution in [3.05, 3.63) is 35.4 Å². The molecule has 0 radical (unpaired) electrons. The molecule has 0 heterocycles. The van der Waals surface area contributed by atoms with E-state index in [9.17, 15) is 9.90 Å². The van der Waals surface area contributed by atoms with Gasteiger partial charge in [0.1, 0.15) is 6.10 Å². The van der Waals surface area contributed by atoms with Crippen LogP contribution < -0.4 is 0 Å². The standard InChI is InChI=1S/C13H18O5/c1-9(16-2)13(17-3,18-4)11-8-6-5-7-10(11)12(14)15/h5-9H,1-4H3,(H,14,15). The minimum atomic E-state index is -1.25. The highest BCUT2D eigenvalue weighted by Crippen LogP contribution is 2.33. The number of rotatable bonds is 6. The number of hydrogen-bond acceptors (Lipinski definition) is 4. The first-order valence-electron chi connectivity index (χ1n) is 5.49. The third-order valence-corrected chi connectivity index (χ3v) is 3.03. The molecular weight excluding hydrogens is 236 g/mol. The largest absolute Gasteiger partial charge is 0.478 e. The summed E-state index contributed by atoms with van der Waals surface area (Å²) in [5.74, 6) is -2.28. The zero-order valence-corrected chi connectivity index (χ0v) is 11.0. The molecule has 0 amide bonds. The summed E-state index contributed by atoms with van der Waals surface area (Å²) in [5, 5.41) is 9.22. The monoisotopic (exact) mass is 254 g/mol. The third kappa shape index (κ3) is 2.38. The van der Waals surface area contributed by atoms with Gasteiger partial charge in [-0.15, -0.1) is 0 Å². The number of carboxylic acids is 1. The van der Waals surface area contributed by atoms with Gasteiger partial charge in [0.25, 0.3) is 0 Å². The van der Waals surface area contributed by atoms with Crippen molar-refractivity contribution in [3.63, 3.8) is 0 Å². The lowest BCUT2D eigenvalue weighted by molar-refractivity contribution is -0.270. The molecule has 0 aliphatic heterocycles. The molecule has 0 saturated carbocycles. The maximum absolute atomic E-state index is 11.3. The van der Waals surface area contributed by atoms with Gasteiger partial charge in [0.05, 0.1) is 5.56 Å². The normalized spacial score (nSPS) is 13.3. The van der Waals surface area contributed by atoms with Gasteiger partial charge in [-0.25, -0.2) is 4.79 Å². The van der Waals surface area contributed by atoms with Crippen molar-refractivity contribution < 1.29 is 24.1 Å². The van der Waals surface area contributed by atoms with Gasteiger partial charge in [-0.05, 0) is 13.0 Å². The van der Waals surface area contributed by atoms with Crippen molar-refractivity contribution in [2.45, 2.75) is 18.8 Å². The number of ether oxygens (including phenoxy) is 3. The fourth-order valence-electron chi connectivity index (χ4n) is 1.98. The molecule has 1 unspecified atom stereocenters. The summed E-state index contributed by atoms with van der Waals surface area (Å²) in [6, 6.07) is 6.55. The smallest absolute Gasteiger partial charge is 0.336 e. The van der Waals surface area contributed by atoms with E-state index in [4.69, 9.17) is 14.2 Å². The first-order valence-corrected chi connectivity index (χ1v) is 5.49. The van der Waals surface area contributed by atoms with E-state index in [1.807, 2.05) is 0 Å². The van der Waals surface area contributed by atoms with E-state index in [-0.39, 0.29) is 5.56 Å². The Hall–Kier alpha value is -1.43. The topological polar surface area (TPSA) is 65.0 Å². The second kappa shape index (κ2) is 5.95. The lowest BCUT2D eigenvalue weighted by Crippen LogP contribution is -2.43. The molecule has 1 N–H and O–H groups in total. The van der Waals surface area contributed by atoms with E-state index in [1.54, 1.807) is 25.1 Å². The Morgan fingerprint density at radius 3 is 2.22 bits per heavy atom. The molecule has 5 heteroatoms. The molecule has 18 heavy (non-hydrogen) atoms. The summed E-state index contributed by atoms with van der Waals surface area (Å²) in [4.78, 5) is 11.3. The van der Waals surface area contributed by atoms with Gasteiger partial charge in [0.2, 0.25) is 5.79 Å². The molecule has 0 bridgehead atoms. The Morgan fingerprint density at radius 2 is 1.78 bits per heavy atom. The first-order chi connectivity index (χ1) is 8.53. The minimum Gasteiger partial charge on any atom is -0.478 e. The Balaban J connectivity index is 3.43. The molecule has 0 spiro atoms. The number of aromatic carboxylic acids is 1. The number of benzene rings is 1. The first kappa shape index (κ1) is 14.6. The second-order valence-electron chi connectivity index (χ2n) is 3.80. The summed E-state index contributed by atoms with van der Waals surface area (Å²) >= 11 is 0. The lowest BCUT2D eigenvalue weighted by atomic mass is 9.95. The van der Waals surface area contributed by atoms with Gasteiger partial charge in [-0.1, -0.05) is 18.2 Å². The molecule has 0 saturated heterocycles. The van der Waals surface area contributed by atoms with Crippen LogP contribution in [-0.2, 0) is 20.0 Å². The van der Waals surface area contributed by atoms with E-state index in [0.29, 0.717) is 5.56 Å². The van der Waals surface area contributed by atoms with Crippen LogP contribution in [-0.4, -0.2) is 38.5 Å². The Kier molecular flexibility index (Phi) is 4.84. The number of methoxy groups -OCH3 is 3. The molecule has 0 fully saturated rings. The number of carboxylic acid groups (broad SMARTS) is 1. The molecule has 0 aromatic heterocycles. The SMILES string of the molecule is COC(C)C(OC)(OC)c1ccccc1C(=O)O. The Morgan fingerprint density at radius 1 is 1.22 bits per heavy atom. The predicted octanol–water partition coefficient (Wildman–Crippen LogP) is 1.87. The highest BCUT2D eigenvalue weighted by molar-refractivity contribution is 5.89. The predicted molar refractivity (Wildman–Crippen MR) is 65.6 cm³/mol. The van der Waals surface area contributed by atoms with Gasteiger partial charge < -0.3 is 19.3 Å². The van der Waals surface area contributed by atoms with Crippen LogP contribution in [0.1, 0.15) is 22.8 Å². The highest BCUT2D eigenvalue weighted by Gasteiger charge is 2.41. The number of hydrogen-bond donors (Lipinski definition) is 1. The summed E-state index contributed by atoms with van der Waals surface area (Å²) in [7, 11) is 4.43. The summed E-state index contributed by atoms with van der Waals surface area (Å²) in [5.41, 5.74) is 0.557. The lowest BCUT2D eigenvalue weighted by Gasteiger charge is -2.36. The summed E-state index contributed by atoms with van der Waals surface area (Å²) in [6.45, 7) is 1.76. The van der Waals surface area contributed by atoms with Gasteiger partial charge in [0, 0.05) is 26.9 Å². The van der Waals surface area contributed by atoms with Crippen LogP contribution in [0.4, 0.5) is 0 Å². The molecule has 5 nitrogen and oxygen atoms in total. The van der Waals surface area contributed by atoms with Crippen molar-refractivity contribution in [1.82, 2.24) is 0 Å². The van der Waals surface area contributed by atoms with Gasteiger partial charge in [-0.2, -0.15) is 0 Å². The summed E-state index contributed by atoms with van der Waals surface area (Å²) < 4.78 is 16.1. The molecule has 1 aromatic carbocycles. The highest BCUT2D eigenvalue weighted by atomic mass is 16.7. The van der Waals surface area contributed by atoms with E-state index in [1.165, 1.54) is 27.4 Å². The molecule has 1 rings (SSSR count). The Labute approximate surface area is 106 Å². The second-order valence-corrected chi connectivity index (χ2v) is 3.80. The van der Waals surface area contributed by atoms with Crippen LogP contribution >= 0.6 is 0 Å². The molecular formula is C13H18O5. The van der Waals surface area contributed by atoms with Crippen LogP contribution in [0, 0.1) is 0 Å². The van der Waals surface area contributed by atoms with Crippen molar-refractivity contribution in [3.8, 4) is 0 Å². The van der Waals surface area contributed by atoms with E-state index >= 15 is 0 Å². The van der Waals surface area contributed by atoms with Crippen molar-refractivity contribution in [1.29, 1.82) is 0 Å². The van der Waals surface area contributed by atoms with E-state index in [2.05, 4.69) is 0 Å². The maximum Gasteiger partial charge on any atom is 0.336 e. The van der Waals surface area contributed by atoms with E-state index in [0.717, 1.165) is 0 Å². The van der Waals surface area contributed by atoms with Crippen LogP contribution in [0.5, 0.6) is 0 Å². The Bertz CT molecular complexity index is 412. The fraction of sp³-hybridized carbons (Fsp3) is 0.462. The van der Waals surface area contributed by atoms with Gasteiger partial charge >= 0.3 is 5.97 Å².